The summed E-state index contributed by atoms with van der Waals surface area (Å²) < 4.78 is 5.73. The molecule has 0 N–H and O–H groups in total. The molecule has 0 heterocycles. The van der Waals surface area contributed by atoms with Gasteiger partial charge in [0.05, 0.1) is 5.56 Å². The molecule has 0 amide bonds. The van der Waals surface area contributed by atoms with Gasteiger partial charge in [-0.3, -0.25) is 4.79 Å². The van der Waals surface area contributed by atoms with E-state index < -0.39 is 0 Å². The van der Waals surface area contributed by atoms with Gasteiger partial charge in [0.15, 0.2) is 5.78 Å². The molecule has 1 saturated carbocycles. The number of allylic oxidation sites excluding steroid dienone is 2. The van der Waals surface area contributed by atoms with Crippen LogP contribution in [0.15, 0.2) is 42.0 Å². The van der Waals surface area contributed by atoms with Gasteiger partial charge in [-0.05, 0) is 50.3 Å². The highest BCUT2D eigenvalue weighted by Gasteiger charge is 2.39. The maximum Gasteiger partial charge on any atom is 0.338 e. The van der Waals surface area contributed by atoms with Gasteiger partial charge in [-0.2, -0.15) is 0 Å². The summed E-state index contributed by atoms with van der Waals surface area (Å²) in [5.41, 5.74) is 1.73. The number of hydrogen-bond donors (Lipinski definition) is 0. The quantitative estimate of drug-likeness (QED) is 0.780. The number of ketones is 1. The lowest BCUT2D eigenvalue weighted by Gasteiger charge is -2.40. The first kappa shape index (κ1) is 14.1. The summed E-state index contributed by atoms with van der Waals surface area (Å²) in [6.45, 7) is 2.02. The lowest BCUT2D eigenvalue weighted by atomic mass is 9.69. The van der Waals surface area contributed by atoms with Crippen molar-refractivity contribution in [3.63, 3.8) is 0 Å². The van der Waals surface area contributed by atoms with Crippen LogP contribution in [0.25, 0.3) is 0 Å². The monoisotopic (exact) mass is 284 g/mol. The average molecular weight is 284 g/mol. The van der Waals surface area contributed by atoms with Crippen molar-refractivity contribution >= 4 is 11.8 Å². The van der Waals surface area contributed by atoms with Crippen LogP contribution in [0.4, 0.5) is 0 Å². The van der Waals surface area contributed by atoms with E-state index in [1.165, 1.54) is 0 Å². The van der Waals surface area contributed by atoms with Crippen molar-refractivity contribution in [1.29, 1.82) is 0 Å². The third-order valence-corrected chi connectivity index (χ3v) is 4.68. The van der Waals surface area contributed by atoms with Gasteiger partial charge in [-0.25, -0.2) is 4.79 Å². The highest BCUT2D eigenvalue weighted by atomic mass is 16.5. The Kier molecular flexibility index (Phi) is 3.91. The second-order valence-electron chi connectivity index (χ2n) is 6.07. The van der Waals surface area contributed by atoms with Crippen LogP contribution in [0.1, 0.15) is 43.0 Å². The van der Waals surface area contributed by atoms with E-state index in [4.69, 9.17) is 4.74 Å². The van der Waals surface area contributed by atoms with Crippen molar-refractivity contribution < 1.29 is 14.3 Å². The second-order valence-corrected chi connectivity index (χ2v) is 6.07. The molecular formula is C18H20O3. The minimum absolute atomic E-state index is 0.135. The lowest BCUT2D eigenvalue weighted by Crippen LogP contribution is -2.39. The number of carbonyl (C=O) groups excluding carboxylic acids is 2. The van der Waals surface area contributed by atoms with Crippen LogP contribution in [0.5, 0.6) is 0 Å². The molecule has 3 rings (SSSR count). The largest absolute Gasteiger partial charge is 0.458 e. The molecule has 2 aliphatic rings. The number of hydrogen-bond acceptors (Lipinski definition) is 3. The van der Waals surface area contributed by atoms with Crippen molar-refractivity contribution in [1.82, 2.24) is 0 Å². The van der Waals surface area contributed by atoms with Crippen molar-refractivity contribution in [3.05, 3.63) is 47.5 Å². The van der Waals surface area contributed by atoms with Crippen LogP contribution < -0.4 is 0 Å². The van der Waals surface area contributed by atoms with Gasteiger partial charge in [0.2, 0.25) is 0 Å². The Bertz CT molecular complexity index is 573. The van der Waals surface area contributed by atoms with E-state index >= 15 is 0 Å². The zero-order valence-corrected chi connectivity index (χ0v) is 12.2. The van der Waals surface area contributed by atoms with Crippen LogP contribution in [0, 0.1) is 11.8 Å². The van der Waals surface area contributed by atoms with Gasteiger partial charge in [-0.1, -0.05) is 23.8 Å². The topological polar surface area (TPSA) is 43.4 Å². The lowest BCUT2D eigenvalue weighted by molar-refractivity contribution is -0.118. The molecule has 1 aromatic rings. The normalized spacial score (nSPS) is 28.5. The average Bonchev–Trinajstić information content (AvgIpc) is 2.49. The molecule has 1 aromatic carbocycles. The summed E-state index contributed by atoms with van der Waals surface area (Å²) in [4.78, 5) is 24.0. The minimum atomic E-state index is -0.277. The van der Waals surface area contributed by atoms with Crippen molar-refractivity contribution in [3.8, 4) is 0 Å². The number of fused-ring (bicyclic) bond motifs is 1. The van der Waals surface area contributed by atoms with E-state index in [0.29, 0.717) is 17.9 Å². The van der Waals surface area contributed by atoms with E-state index in [0.717, 1.165) is 24.8 Å². The molecular weight excluding hydrogens is 264 g/mol. The fraction of sp³-hybridized carbons (Fsp3) is 0.444. The molecule has 3 heteroatoms. The van der Waals surface area contributed by atoms with E-state index in [-0.39, 0.29) is 23.8 Å². The summed E-state index contributed by atoms with van der Waals surface area (Å²) >= 11 is 0. The molecule has 0 aliphatic heterocycles. The standard InChI is InChI=1S/C18H20O3/c1-12-10-14(19)11-16-15(12)8-5-9-17(16)21-18(20)13-6-3-2-4-7-13/h2-4,6-7,10,15-17H,5,8-9,11H2,1H3/t15?,16-,17+/m0/s1. The Balaban J connectivity index is 1.75. The first-order valence-corrected chi connectivity index (χ1v) is 7.62. The van der Waals surface area contributed by atoms with Crippen LogP contribution in [-0.4, -0.2) is 17.9 Å². The van der Waals surface area contributed by atoms with Crippen molar-refractivity contribution in [2.45, 2.75) is 38.7 Å². The van der Waals surface area contributed by atoms with E-state index in [2.05, 4.69) is 0 Å². The highest BCUT2D eigenvalue weighted by molar-refractivity contribution is 5.92. The van der Waals surface area contributed by atoms with E-state index in [1.54, 1.807) is 18.2 Å². The molecule has 21 heavy (non-hydrogen) atoms. The van der Waals surface area contributed by atoms with Crippen LogP contribution in [-0.2, 0) is 9.53 Å². The number of rotatable bonds is 2. The van der Waals surface area contributed by atoms with Crippen LogP contribution in [0.3, 0.4) is 0 Å². The fourth-order valence-corrected chi connectivity index (χ4v) is 3.64. The van der Waals surface area contributed by atoms with Gasteiger partial charge in [0, 0.05) is 12.3 Å². The Hall–Kier alpha value is -1.90. The first-order chi connectivity index (χ1) is 10.1. The SMILES string of the molecule is CC1=CC(=O)C[C@H]2C1CCC[C@H]2OC(=O)c1ccccc1. The summed E-state index contributed by atoms with van der Waals surface area (Å²) in [6, 6.07) is 9.07. The molecule has 3 nitrogen and oxygen atoms in total. The Labute approximate surface area is 125 Å². The van der Waals surface area contributed by atoms with Gasteiger partial charge >= 0.3 is 5.97 Å². The predicted octanol–water partition coefficient (Wildman–Crippen LogP) is 3.55. The molecule has 0 saturated heterocycles. The van der Waals surface area contributed by atoms with E-state index in [9.17, 15) is 9.59 Å². The molecule has 1 fully saturated rings. The Morgan fingerprint density at radius 3 is 2.71 bits per heavy atom. The zero-order valence-electron chi connectivity index (χ0n) is 12.2. The zero-order chi connectivity index (χ0) is 14.8. The van der Waals surface area contributed by atoms with Crippen LogP contribution >= 0.6 is 0 Å². The molecule has 1 unspecified atom stereocenters. The van der Waals surface area contributed by atoms with Gasteiger partial charge in [0.25, 0.3) is 0 Å². The highest BCUT2D eigenvalue weighted by Crippen LogP contribution is 2.41. The number of ether oxygens (including phenoxy) is 1. The van der Waals surface area contributed by atoms with Crippen molar-refractivity contribution in [2.75, 3.05) is 0 Å². The minimum Gasteiger partial charge on any atom is -0.458 e. The summed E-state index contributed by atoms with van der Waals surface area (Å²) in [5.74, 6) is 0.436. The molecule has 2 aliphatic carbocycles. The van der Waals surface area contributed by atoms with Gasteiger partial charge in [-0.15, -0.1) is 0 Å². The summed E-state index contributed by atoms with van der Waals surface area (Å²) in [5, 5.41) is 0. The molecule has 0 radical (unpaired) electrons. The number of benzene rings is 1. The smallest absolute Gasteiger partial charge is 0.338 e. The molecule has 0 bridgehead atoms. The Morgan fingerprint density at radius 1 is 1.19 bits per heavy atom. The van der Waals surface area contributed by atoms with Gasteiger partial charge in [0.1, 0.15) is 6.10 Å². The van der Waals surface area contributed by atoms with Gasteiger partial charge < -0.3 is 4.74 Å². The third kappa shape index (κ3) is 2.92. The molecule has 0 aromatic heterocycles. The Morgan fingerprint density at radius 2 is 1.95 bits per heavy atom. The first-order valence-electron chi connectivity index (χ1n) is 7.62. The summed E-state index contributed by atoms with van der Waals surface area (Å²) in [6.07, 6.45) is 5.15. The predicted molar refractivity (Wildman–Crippen MR) is 79.9 cm³/mol. The van der Waals surface area contributed by atoms with E-state index in [1.807, 2.05) is 25.1 Å². The molecule has 3 atom stereocenters. The summed E-state index contributed by atoms with van der Waals surface area (Å²) in [7, 11) is 0. The molecule has 110 valence electrons. The van der Waals surface area contributed by atoms with Crippen LogP contribution in [0.2, 0.25) is 0 Å². The maximum atomic E-state index is 12.2. The third-order valence-electron chi connectivity index (χ3n) is 4.68. The number of carbonyl (C=O) groups is 2. The number of esters is 1. The second kappa shape index (κ2) is 5.84. The van der Waals surface area contributed by atoms with Crippen molar-refractivity contribution in [2.24, 2.45) is 11.8 Å². The fourth-order valence-electron chi connectivity index (χ4n) is 3.64. The maximum absolute atomic E-state index is 12.2. The molecule has 0 spiro atoms.